The van der Waals surface area contributed by atoms with Crippen molar-refractivity contribution in [1.29, 1.82) is 0 Å². The van der Waals surface area contributed by atoms with Gasteiger partial charge in [0, 0.05) is 24.5 Å². The van der Waals surface area contributed by atoms with Crippen molar-refractivity contribution in [2.75, 3.05) is 0 Å². The zero-order chi connectivity index (χ0) is 20.1. The van der Waals surface area contributed by atoms with E-state index in [9.17, 15) is 9.59 Å². The number of carbonyl (C=O) groups is 2. The molecule has 0 aromatic carbocycles. The second-order valence-electron chi connectivity index (χ2n) is 9.76. The van der Waals surface area contributed by atoms with Crippen LogP contribution in [0.5, 0.6) is 0 Å². The number of nitrogens with two attached hydrogens (primary N) is 1. The van der Waals surface area contributed by atoms with Crippen LogP contribution in [0.2, 0.25) is 0 Å². The number of hydrogen-bond donors (Lipinski definition) is 2. The third-order valence-electron chi connectivity index (χ3n) is 8.43. The Morgan fingerprint density at radius 2 is 1.89 bits per heavy atom. The third-order valence-corrected chi connectivity index (χ3v) is 8.43. The van der Waals surface area contributed by atoms with Gasteiger partial charge in [-0.15, -0.1) is 0 Å². The van der Waals surface area contributed by atoms with E-state index in [1.54, 1.807) is 0 Å². The summed E-state index contributed by atoms with van der Waals surface area (Å²) in [5.41, 5.74) is 10.6. The van der Waals surface area contributed by atoms with Crippen LogP contribution in [0.15, 0.2) is 16.8 Å². The Morgan fingerprint density at radius 1 is 1.18 bits per heavy atom. The van der Waals surface area contributed by atoms with Crippen LogP contribution < -0.4 is 11.2 Å². The van der Waals surface area contributed by atoms with Gasteiger partial charge in [0.15, 0.2) is 0 Å². The zero-order valence-corrected chi connectivity index (χ0v) is 17.3. The highest BCUT2D eigenvalue weighted by atomic mass is 16.5. The number of nitrogens with zero attached hydrogens (tertiary/aromatic N) is 1. The molecule has 28 heavy (non-hydrogen) atoms. The molecule has 0 aliphatic heterocycles. The second kappa shape index (κ2) is 6.89. The fraction of sp³-hybridized carbons (Fsp3) is 0.773. The van der Waals surface area contributed by atoms with Gasteiger partial charge in [0.2, 0.25) is 0 Å². The summed E-state index contributed by atoms with van der Waals surface area (Å²) < 4.78 is 5.53. The molecule has 4 aliphatic rings. The normalized spacial score (nSPS) is 43.4. The van der Waals surface area contributed by atoms with Gasteiger partial charge in [0.05, 0.1) is 0 Å². The van der Waals surface area contributed by atoms with Gasteiger partial charge in [-0.2, -0.15) is 5.10 Å². The number of fused-ring (bicyclic) bond motifs is 5. The van der Waals surface area contributed by atoms with E-state index in [4.69, 9.17) is 10.5 Å². The molecule has 6 atom stereocenters. The molecule has 3 fully saturated rings. The summed E-state index contributed by atoms with van der Waals surface area (Å²) in [4.78, 5) is 22.5. The fourth-order valence-corrected chi connectivity index (χ4v) is 7.06. The number of carbonyl (C=O) groups excluding carboxylic acids is 2. The molecule has 0 aromatic heterocycles. The molecule has 0 spiro atoms. The summed E-state index contributed by atoms with van der Waals surface area (Å²) >= 11 is 0. The number of primary amides is 1. The highest BCUT2D eigenvalue weighted by Gasteiger charge is 2.58. The lowest BCUT2D eigenvalue weighted by atomic mass is 9.48. The topological polar surface area (TPSA) is 93.8 Å². The van der Waals surface area contributed by atoms with Gasteiger partial charge in [-0.1, -0.05) is 25.5 Å². The smallest absolute Gasteiger partial charge is 0.332 e. The highest BCUT2D eigenvalue weighted by Crippen LogP contribution is 2.64. The van der Waals surface area contributed by atoms with Crippen molar-refractivity contribution in [2.45, 2.75) is 78.2 Å². The van der Waals surface area contributed by atoms with E-state index in [1.165, 1.54) is 18.9 Å². The number of hydrazone groups is 1. The highest BCUT2D eigenvalue weighted by molar-refractivity contribution is 5.93. The monoisotopic (exact) mass is 387 g/mol. The SMILES string of the molecule is CC(=O)O[C@@H]1CC[C@@]2(C)C(=CC[C@@H]3[C@H]2CC[C@]2(C)/C(=N/NC(N)=O)CC[C@H]32)C1. The maximum atomic E-state index is 11.4. The molecule has 0 bridgehead atoms. The quantitative estimate of drug-likeness (QED) is 0.427. The Balaban J connectivity index is 1.56. The molecular formula is C22H33N3O3. The van der Waals surface area contributed by atoms with Crippen LogP contribution in [0.3, 0.4) is 0 Å². The van der Waals surface area contributed by atoms with Gasteiger partial charge < -0.3 is 10.5 Å². The van der Waals surface area contributed by atoms with Gasteiger partial charge in [-0.05, 0) is 68.1 Å². The lowest BCUT2D eigenvalue weighted by Gasteiger charge is -2.57. The van der Waals surface area contributed by atoms with Gasteiger partial charge in [0.25, 0.3) is 0 Å². The lowest BCUT2D eigenvalue weighted by molar-refractivity contribution is -0.148. The van der Waals surface area contributed by atoms with Crippen molar-refractivity contribution in [2.24, 2.45) is 39.4 Å². The predicted octanol–water partition coefficient (Wildman–Crippen LogP) is 3.91. The molecule has 2 amide bonds. The van der Waals surface area contributed by atoms with Gasteiger partial charge >= 0.3 is 12.0 Å². The lowest BCUT2D eigenvalue weighted by Crippen LogP contribution is -2.50. The van der Waals surface area contributed by atoms with Gasteiger partial charge in [-0.25, -0.2) is 10.2 Å². The van der Waals surface area contributed by atoms with Crippen LogP contribution in [0.25, 0.3) is 0 Å². The maximum Gasteiger partial charge on any atom is 0.332 e. The average Bonchev–Trinajstić information content (AvgIpc) is 2.96. The molecule has 0 aromatic rings. The number of hydrogen-bond acceptors (Lipinski definition) is 4. The average molecular weight is 388 g/mol. The molecule has 3 saturated carbocycles. The zero-order valence-electron chi connectivity index (χ0n) is 17.3. The molecule has 4 rings (SSSR count). The van der Waals surface area contributed by atoms with E-state index in [-0.39, 0.29) is 22.9 Å². The van der Waals surface area contributed by atoms with E-state index in [0.29, 0.717) is 17.8 Å². The number of nitrogens with one attached hydrogen (secondary N) is 1. The molecule has 0 radical (unpaired) electrons. The maximum absolute atomic E-state index is 11.4. The van der Waals surface area contributed by atoms with Gasteiger partial charge in [-0.3, -0.25) is 4.79 Å². The van der Waals surface area contributed by atoms with Crippen LogP contribution >= 0.6 is 0 Å². The molecule has 154 valence electrons. The minimum absolute atomic E-state index is 0.0484. The number of rotatable bonds is 2. The van der Waals surface area contributed by atoms with Crippen LogP contribution in [-0.2, 0) is 9.53 Å². The van der Waals surface area contributed by atoms with Crippen LogP contribution in [0, 0.1) is 28.6 Å². The Hall–Kier alpha value is -1.85. The van der Waals surface area contributed by atoms with Crippen molar-refractivity contribution < 1.29 is 14.3 Å². The van der Waals surface area contributed by atoms with Crippen molar-refractivity contribution in [3.63, 3.8) is 0 Å². The fourth-order valence-electron chi connectivity index (χ4n) is 7.06. The first-order chi connectivity index (χ1) is 13.2. The van der Waals surface area contributed by atoms with Crippen LogP contribution in [0.1, 0.15) is 72.1 Å². The molecular weight excluding hydrogens is 354 g/mol. The minimum Gasteiger partial charge on any atom is -0.462 e. The summed E-state index contributed by atoms with van der Waals surface area (Å²) in [7, 11) is 0. The van der Waals surface area contributed by atoms with Crippen molar-refractivity contribution >= 4 is 17.7 Å². The third kappa shape index (κ3) is 3.05. The molecule has 0 heterocycles. The summed E-state index contributed by atoms with van der Waals surface area (Å²) in [5.74, 6) is 1.80. The molecule has 4 aliphatic carbocycles. The number of ether oxygens (including phenoxy) is 1. The van der Waals surface area contributed by atoms with E-state index in [2.05, 4.69) is 30.5 Å². The first kappa shape index (κ1) is 19.5. The second-order valence-corrected chi connectivity index (χ2v) is 9.76. The summed E-state index contributed by atoms with van der Waals surface area (Å²) in [6.45, 7) is 6.29. The van der Waals surface area contributed by atoms with E-state index in [1.807, 2.05) is 0 Å². The number of amides is 2. The standard InChI is InChI=1S/C22H33N3O3/c1-13(26)28-15-8-10-21(2)14(12-15)4-5-16-17-6-7-19(24-25-20(23)27)22(17,3)11-9-18(16)21/h4,15-18H,5-12H2,1-3H3,(H3,23,25,27)/b24-19+/t15-,16+,17-,18-,21+,22+/m1/s1. The number of esters is 1. The van der Waals surface area contributed by atoms with Crippen LogP contribution in [-0.4, -0.2) is 23.8 Å². The molecule has 6 nitrogen and oxygen atoms in total. The largest absolute Gasteiger partial charge is 0.462 e. The number of urea groups is 1. The van der Waals surface area contributed by atoms with Crippen molar-refractivity contribution in [1.82, 2.24) is 5.43 Å². The van der Waals surface area contributed by atoms with E-state index in [0.717, 1.165) is 50.7 Å². The molecule has 3 N–H and O–H groups in total. The van der Waals surface area contributed by atoms with Crippen molar-refractivity contribution in [3.8, 4) is 0 Å². The predicted molar refractivity (Wildman–Crippen MR) is 107 cm³/mol. The molecule has 0 saturated heterocycles. The minimum atomic E-state index is -0.587. The van der Waals surface area contributed by atoms with Crippen molar-refractivity contribution in [3.05, 3.63) is 11.6 Å². The number of allylic oxidation sites excluding steroid dienone is 1. The van der Waals surface area contributed by atoms with E-state index < -0.39 is 6.03 Å². The first-order valence-corrected chi connectivity index (χ1v) is 10.7. The summed E-state index contributed by atoms with van der Waals surface area (Å²) in [6.07, 6.45) is 11.0. The molecule has 6 heteroatoms. The Labute approximate surface area is 167 Å². The van der Waals surface area contributed by atoms with Crippen LogP contribution in [0.4, 0.5) is 4.79 Å². The Kier molecular flexibility index (Phi) is 4.79. The Morgan fingerprint density at radius 3 is 2.61 bits per heavy atom. The van der Waals surface area contributed by atoms with E-state index >= 15 is 0 Å². The summed E-state index contributed by atoms with van der Waals surface area (Å²) in [5, 5.41) is 4.38. The summed E-state index contributed by atoms with van der Waals surface area (Å²) in [6, 6.07) is -0.587. The molecule has 0 unspecified atom stereocenters. The first-order valence-electron chi connectivity index (χ1n) is 10.7. The van der Waals surface area contributed by atoms with Gasteiger partial charge in [0.1, 0.15) is 6.10 Å². The Bertz CT molecular complexity index is 745.